The van der Waals surface area contributed by atoms with E-state index in [-0.39, 0.29) is 11.1 Å². The van der Waals surface area contributed by atoms with Gasteiger partial charge in [-0.2, -0.15) is 13.2 Å². The highest BCUT2D eigenvalue weighted by Crippen LogP contribution is 2.40. The highest BCUT2D eigenvalue weighted by Gasteiger charge is 2.41. The van der Waals surface area contributed by atoms with Crippen LogP contribution in [0.1, 0.15) is 17.0 Å². The Morgan fingerprint density at radius 2 is 1.00 bits per heavy atom. The monoisotopic (exact) mass is 392 g/mol. The van der Waals surface area contributed by atoms with Crippen LogP contribution in [-0.4, -0.2) is 6.18 Å². The Morgan fingerprint density at radius 1 is 0.684 bits per heavy atom. The van der Waals surface area contributed by atoms with Crippen LogP contribution in [-0.2, 0) is 0 Å². The van der Waals surface area contributed by atoms with E-state index in [1.165, 1.54) is 24.3 Å². The molecule has 0 atom stereocenters. The maximum atomic E-state index is 13.3. The third-order valence-electron chi connectivity index (χ3n) is 2.73. The summed E-state index contributed by atoms with van der Waals surface area (Å²) >= 11 is 6.45. The summed E-state index contributed by atoms with van der Waals surface area (Å²) in [6, 6.07) is 12.4. The number of alkyl halides is 3. The summed E-state index contributed by atoms with van der Waals surface area (Å²) in [5.74, 6) is -1.60. The lowest BCUT2D eigenvalue weighted by Gasteiger charge is -2.21. The summed E-state index contributed by atoms with van der Waals surface area (Å²) in [6.45, 7) is 0. The summed E-state index contributed by atoms with van der Waals surface area (Å²) in [6.07, 6.45) is -4.32. The fraction of sp³-hybridized carbons (Fsp3) is 0.143. The van der Waals surface area contributed by atoms with E-state index in [2.05, 4.69) is 31.9 Å². The van der Waals surface area contributed by atoms with E-state index >= 15 is 0 Å². The molecule has 0 spiro atoms. The Balaban J connectivity index is 2.47. The molecule has 2 aromatic carbocycles. The molecule has 0 N–H and O–H groups in total. The quantitative estimate of drug-likeness (QED) is 0.595. The van der Waals surface area contributed by atoms with Gasteiger partial charge in [0.25, 0.3) is 0 Å². The normalized spacial score (nSPS) is 11.9. The van der Waals surface area contributed by atoms with Crippen LogP contribution in [0.2, 0.25) is 0 Å². The second-order valence-corrected chi connectivity index (χ2v) is 5.91. The smallest absolute Gasteiger partial charge is 0.170 e. The minimum Gasteiger partial charge on any atom is -0.170 e. The highest BCUT2D eigenvalue weighted by molar-refractivity contribution is 9.10. The van der Waals surface area contributed by atoms with Gasteiger partial charge in [0.05, 0.1) is 0 Å². The fourth-order valence-electron chi connectivity index (χ4n) is 1.88. The molecule has 2 aromatic rings. The largest absolute Gasteiger partial charge is 0.399 e. The first-order valence-corrected chi connectivity index (χ1v) is 7.04. The van der Waals surface area contributed by atoms with Crippen molar-refractivity contribution in [2.24, 2.45) is 0 Å². The summed E-state index contributed by atoms with van der Waals surface area (Å²) in [4.78, 5) is 0. The fourth-order valence-corrected chi connectivity index (χ4v) is 2.41. The predicted molar refractivity (Wildman–Crippen MR) is 76.2 cm³/mol. The van der Waals surface area contributed by atoms with Crippen molar-refractivity contribution in [1.82, 2.24) is 0 Å². The van der Waals surface area contributed by atoms with Crippen LogP contribution >= 0.6 is 31.9 Å². The van der Waals surface area contributed by atoms with Crippen LogP contribution < -0.4 is 0 Å². The van der Waals surface area contributed by atoms with Gasteiger partial charge in [-0.3, -0.25) is 0 Å². The molecule has 0 aliphatic heterocycles. The van der Waals surface area contributed by atoms with E-state index in [1.54, 1.807) is 24.3 Å². The van der Waals surface area contributed by atoms with E-state index in [4.69, 9.17) is 0 Å². The minimum absolute atomic E-state index is 0.234. The SMILES string of the molecule is FC(F)(F)C(c1ccc(Br)cc1)c1ccc(Br)cc1. The number of benzene rings is 2. The van der Waals surface area contributed by atoms with E-state index in [0.717, 1.165) is 8.95 Å². The van der Waals surface area contributed by atoms with Crippen molar-refractivity contribution in [1.29, 1.82) is 0 Å². The highest BCUT2D eigenvalue weighted by atomic mass is 79.9. The molecule has 0 unspecified atom stereocenters. The van der Waals surface area contributed by atoms with Gasteiger partial charge in [-0.05, 0) is 35.4 Å². The molecule has 100 valence electrons. The third-order valence-corrected chi connectivity index (χ3v) is 3.79. The summed E-state index contributed by atoms with van der Waals surface area (Å²) in [5.41, 5.74) is 0.469. The molecule has 0 bridgehead atoms. The molecule has 2 rings (SSSR count). The average molecular weight is 394 g/mol. The van der Waals surface area contributed by atoms with E-state index in [9.17, 15) is 13.2 Å². The van der Waals surface area contributed by atoms with E-state index < -0.39 is 12.1 Å². The van der Waals surface area contributed by atoms with Gasteiger partial charge in [0.15, 0.2) is 0 Å². The number of halogens is 5. The van der Waals surface area contributed by atoms with Gasteiger partial charge in [-0.15, -0.1) is 0 Å². The Kier molecular flexibility index (Phi) is 4.36. The van der Waals surface area contributed by atoms with Crippen LogP contribution in [0.15, 0.2) is 57.5 Å². The van der Waals surface area contributed by atoms with Gasteiger partial charge >= 0.3 is 6.18 Å². The molecule has 0 heterocycles. The zero-order valence-electron chi connectivity index (χ0n) is 9.59. The second-order valence-electron chi connectivity index (χ2n) is 4.08. The van der Waals surface area contributed by atoms with Gasteiger partial charge in [0.2, 0.25) is 0 Å². The standard InChI is InChI=1S/C14H9Br2F3/c15-11-5-1-9(2-6-11)13(14(17,18)19)10-3-7-12(16)8-4-10/h1-8,13H. The average Bonchev–Trinajstić information content (AvgIpc) is 2.33. The van der Waals surface area contributed by atoms with Crippen LogP contribution in [0.4, 0.5) is 13.2 Å². The van der Waals surface area contributed by atoms with Crippen LogP contribution in [0.5, 0.6) is 0 Å². The second kappa shape index (κ2) is 5.67. The number of hydrogen-bond acceptors (Lipinski definition) is 0. The Labute approximate surface area is 125 Å². The van der Waals surface area contributed by atoms with Crippen molar-refractivity contribution in [3.8, 4) is 0 Å². The maximum absolute atomic E-state index is 13.3. The molecule has 19 heavy (non-hydrogen) atoms. The van der Waals surface area contributed by atoms with Gasteiger partial charge in [-0.25, -0.2) is 0 Å². The Bertz CT molecular complexity index is 499. The zero-order valence-corrected chi connectivity index (χ0v) is 12.8. The van der Waals surface area contributed by atoms with Crippen molar-refractivity contribution in [2.75, 3.05) is 0 Å². The van der Waals surface area contributed by atoms with E-state index in [1.807, 2.05) is 0 Å². The van der Waals surface area contributed by atoms with Gasteiger partial charge < -0.3 is 0 Å². The van der Waals surface area contributed by atoms with Crippen LogP contribution in [0.3, 0.4) is 0 Å². The summed E-state index contributed by atoms with van der Waals surface area (Å²) in [5, 5.41) is 0. The van der Waals surface area contributed by atoms with Crippen molar-refractivity contribution in [3.63, 3.8) is 0 Å². The van der Waals surface area contributed by atoms with Crippen molar-refractivity contribution < 1.29 is 13.2 Å². The van der Waals surface area contributed by atoms with Gasteiger partial charge in [0, 0.05) is 8.95 Å². The predicted octanol–water partition coefficient (Wildman–Crippen LogP) is 5.91. The van der Waals surface area contributed by atoms with E-state index in [0.29, 0.717) is 0 Å². The molecule has 0 nitrogen and oxygen atoms in total. The molecular weight excluding hydrogens is 385 g/mol. The van der Waals surface area contributed by atoms with Gasteiger partial charge in [-0.1, -0.05) is 56.1 Å². The minimum atomic E-state index is -4.32. The molecule has 0 amide bonds. The first kappa shape index (κ1) is 14.6. The molecule has 0 saturated carbocycles. The third kappa shape index (κ3) is 3.60. The molecule has 0 aliphatic carbocycles. The van der Waals surface area contributed by atoms with Crippen molar-refractivity contribution in [2.45, 2.75) is 12.1 Å². The molecular formula is C14H9Br2F3. The van der Waals surface area contributed by atoms with Gasteiger partial charge in [0.1, 0.15) is 5.92 Å². The Morgan fingerprint density at radius 3 is 1.26 bits per heavy atom. The lowest BCUT2D eigenvalue weighted by molar-refractivity contribution is -0.141. The van der Waals surface area contributed by atoms with Crippen LogP contribution in [0, 0.1) is 0 Å². The Hall–Kier alpha value is -0.810. The first-order chi connectivity index (χ1) is 8.88. The van der Waals surface area contributed by atoms with Crippen LogP contribution in [0.25, 0.3) is 0 Å². The lowest BCUT2D eigenvalue weighted by atomic mass is 9.91. The zero-order chi connectivity index (χ0) is 14.0. The first-order valence-electron chi connectivity index (χ1n) is 5.45. The lowest BCUT2D eigenvalue weighted by Crippen LogP contribution is -2.21. The maximum Gasteiger partial charge on any atom is 0.399 e. The number of rotatable bonds is 2. The molecule has 0 fully saturated rings. The molecule has 5 heteroatoms. The molecule has 0 saturated heterocycles. The topological polar surface area (TPSA) is 0 Å². The molecule has 0 radical (unpaired) electrons. The molecule has 0 aliphatic rings. The molecule has 0 aromatic heterocycles. The number of hydrogen-bond donors (Lipinski definition) is 0. The van der Waals surface area contributed by atoms with Crippen molar-refractivity contribution in [3.05, 3.63) is 68.6 Å². The summed E-state index contributed by atoms with van der Waals surface area (Å²) < 4.78 is 41.3. The van der Waals surface area contributed by atoms with Crippen molar-refractivity contribution >= 4 is 31.9 Å². The summed E-state index contributed by atoms with van der Waals surface area (Å²) in [7, 11) is 0.